The third kappa shape index (κ3) is 3.59. The normalized spacial score (nSPS) is 14.6. The number of nitrogens with zero attached hydrogens (tertiary/aromatic N) is 2. The van der Waals surface area contributed by atoms with Gasteiger partial charge in [0.05, 0.1) is 0 Å². The molecular weight excluding hydrogens is 356 g/mol. The molecule has 3 amide bonds. The maximum Gasteiger partial charge on any atom is 0.324 e. The fourth-order valence-corrected chi connectivity index (χ4v) is 3.13. The van der Waals surface area contributed by atoms with Gasteiger partial charge in [-0.2, -0.15) is 0 Å². The number of carbonyl (C=O) groups excluding carboxylic acids is 2. The molecule has 0 saturated carbocycles. The third-order valence-corrected chi connectivity index (χ3v) is 4.55. The van der Waals surface area contributed by atoms with Crippen LogP contribution in [0.5, 0.6) is 11.5 Å². The number of aromatic nitrogens is 1. The summed E-state index contributed by atoms with van der Waals surface area (Å²) in [5, 5.41) is 6.76. The van der Waals surface area contributed by atoms with Gasteiger partial charge in [-0.1, -0.05) is 18.2 Å². The van der Waals surface area contributed by atoms with E-state index >= 15 is 0 Å². The van der Waals surface area contributed by atoms with Crippen molar-refractivity contribution in [2.75, 3.05) is 18.4 Å². The number of anilines is 1. The second-order valence-electron chi connectivity index (χ2n) is 6.55. The summed E-state index contributed by atoms with van der Waals surface area (Å²) in [6.07, 6.45) is 1.74. The Hall–Kier alpha value is -3.61. The molecular formula is C21H20N4O3. The Morgan fingerprint density at radius 1 is 1.18 bits per heavy atom. The predicted octanol–water partition coefficient (Wildman–Crippen LogP) is 3.38. The minimum Gasteiger partial charge on any atom is -0.455 e. The summed E-state index contributed by atoms with van der Waals surface area (Å²) in [4.78, 5) is 29.6. The molecule has 1 saturated heterocycles. The highest BCUT2D eigenvalue weighted by atomic mass is 16.5. The second kappa shape index (κ2) is 7.56. The second-order valence-corrected chi connectivity index (χ2v) is 6.55. The highest BCUT2D eigenvalue weighted by molar-refractivity contribution is 5.99. The van der Waals surface area contributed by atoms with E-state index in [9.17, 15) is 9.59 Å². The first-order valence-electron chi connectivity index (χ1n) is 9.09. The van der Waals surface area contributed by atoms with Crippen LogP contribution in [0.25, 0.3) is 10.9 Å². The highest BCUT2D eigenvalue weighted by Gasteiger charge is 2.29. The monoisotopic (exact) mass is 376 g/mol. The van der Waals surface area contributed by atoms with Crippen LogP contribution < -0.4 is 15.4 Å². The van der Waals surface area contributed by atoms with E-state index in [1.165, 1.54) is 4.90 Å². The molecule has 0 radical (unpaired) electrons. The fourth-order valence-electron chi connectivity index (χ4n) is 3.13. The van der Waals surface area contributed by atoms with Crippen LogP contribution in [0.15, 0.2) is 60.8 Å². The smallest absolute Gasteiger partial charge is 0.324 e. The molecule has 2 N–H and O–H groups in total. The number of imide groups is 1. The minimum atomic E-state index is -0.516. The van der Waals surface area contributed by atoms with Crippen LogP contribution in [0, 0.1) is 0 Å². The van der Waals surface area contributed by atoms with Crippen LogP contribution in [-0.2, 0) is 4.79 Å². The number of amides is 3. The summed E-state index contributed by atoms with van der Waals surface area (Å²) >= 11 is 0. The molecule has 0 bridgehead atoms. The van der Waals surface area contributed by atoms with Crippen LogP contribution >= 0.6 is 0 Å². The molecule has 2 heterocycles. The highest BCUT2D eigenvalue weighted by Crippen LogP contribution is 2.29. The molecule has 1 aromatic heterocycles. The number of benzene rings is 2. The molecule has 0 unspecified atom stereocenters. The van der Waals surface area contributed by atoms with E-state index in [2.05, 4.69) is 15.6 Å². The van der Waals surface area contributed by atoms with Crippen molar-refractivity contribution in [3.05, 3.63) is 60.8 Å². The van der Waals surface area contributed by atoms with E-state index < -0.39 is 6.04 Å². The van der Waals surface area contributed by atoms with Crippen LogP contribution in [0.2, 0.25) is 0 Å². The summed E-state index contributed by atoms with van der Waals surface area (Å²) in [6, 6.07) is 16.1. The lowest BCUT2D eigenvalue weighted by Crippen LogP contribution is -2.43. The number of rotatable bonds is 5. The van der Waals surface area contributed by atoms with Gasteiger partial charge in [0.25, 0.3) is 5.91 Å². The average Bonchev–Trinajstić information content (AvgIpc) is 3.15. The van der Waals surface area contributed by atoms with Crippen molar-refractivity contribution in [3.63, 3.8) is 0 Å². The summed E-state index contributed by atoms with van der Waals surface area (Å²) in [7, 11) is 0. The Morgan fingerprint density at radius 2 is 1.96 bits per heavy atom. The van der Waals surface area contributed by atoms with E-state index in [4.69, 9.17) is 4.74 Å². The Kier molecular flexibility index (Phi) is 4.80. The Balaban J connectivity index is 1.44. The Labute approximate surface area is 162 Å². The minimum absolute atomic E-state index is 0.253. The molecule has 1 atom stereocenters. The molecule has 2 aromatic carbocycles. The summed E-state index contributed by atoms with van der Waals surface area (Å²) in [5.74, 6) is 1.10. The summed E-state index contributed by atoms with van der Waals surface area (Å²) < 4.78 is 5.98. The first kappa shape index (κ1) is 17.8. The van der Waals surface area contributed by atoms with Gasteiger partial charge in [0, 0.05) is 30.4 Å². The van der Waals surface area contributed by atoms with E-state index in [0.717, 1.165) is 16.6 Å². The van der Waals surface area contributed by atoms with Crippen molar-refractivity contribution in [1.29, 1.82) is 0 Å². The number of pyridine rings is 1. The van der Waals surface area contributed by atoms with Crippen LogP contribution in [0.1, 0.15) is 6.92 Å². The lowest BCUT2D eigenvalue weighted by atomic mass is 10.2. The standard InChI is InChI=1S/C21H20N4O3/c1-14(20(26)25-13-12-23-21(25)27)24-16-7-9-17(10-8-16)28-18-6-2-4-15-5-3-11-22-19(15)18/h2-11,14,24H,12-13H2,1H3,(H,23,27)/t14-/m0/s1. The lowest BCUT2D eigenvalue weighted by Gasteiger charge is -2.19. The molecule has 0 spiro atoms. The number of urea groups is 1. The molecule has 4 rings (SSSR count). The molecule has 3 aromatic rings. The molecule has 28 heavy (non-hydrogen) atoms. The molecule has 1 fully saturated rings. The van der Waals surface area contributed by atoms with Gasteiger partial charge >= 0.3 is 6.03 Å². The number of ether oxygens (including phenoxy) is 1. The van der Waals surface area contributed by atoms with Crippen molar-refractivity contribution in [2.45, 2.75) is 13.0 Å². The van der Waals surface area contributed by atoms with E-state index in [1.54, 1.807) is 13.1 Å². The predicted molar refractivity (Wildman–Crippen MR) is 106 cm³/mol. The van der Waals surface area contributed by atoms with Crippen LogP contribution in [0.4, 0.5) is 10.5 Å². The lowest BCUT2D eigenvalue weighted by molar-refractivity contribution is -0.128. The number of hydrogen-bond donors (Lipinski definition) is 2. The maximum absolute atomic E-state index is 12.4. The topological polar surface area (TPSA) is 83.6 Å². The zero-order valence-electron chi connectivity index (χ0n) is 15.4. The maximum atomic E-state index is 12.4. The molecule has 1 aliphatic rings. The molecule has 142 valence electrons. The van der Waals surface area contributed by atoms with Crippen LogP contribution in [0.3, 0.4) is 0 Å². The first-order valence-corrected chi connectivity index (χ1v) is 9.09. The SMILES string of the molecule is C[C@H](Nc1ccc(Oc2cccc3cccnc23)cc1)C(=O)N1CCNC1=O. The third-order valence-electron chi connectivity index (χ3n) is 4.55. The zero-order valence-corrected chi connectivity index (χ0v) is 15.4. The van der Waals surface area contributed by atoms with E-state index in [0.29, 0.717) is 24.6 Å². The number of para-hydroxylation sites is 1. The summed E-state index contributed by atoms with van der Waals surface area (Å²) in [5.41, 5.74) is 1.57. The van der Waals surface area contributed by atoms with Gasteiger partial charge in [-0.3, -0.25) is 14.7 Å². The van der Waals surface area contributed by atoms with Crippen molar-refractivity contribution in [3.8, 4) is 11.5 Å². The van der Waals surface area contributed by atoms with Gasteiger partial charge < -0.3 is 15.4 Å². The number of hydrogen-bond acceptors (Lipinski definition) is 5. The zero-order chi connectivity index (χ0) is 19.5. The van der Waals surface area contributed by atoms with E-state index in [1.807, 2.05) is 54.6 Å². The van der Waals surface area contributed by atoms with Crippen molar-refractivity contribution < 1.29 is 14.3 Å². The number of fused-ring (bicyclic) bond motifs is 1. The van der Waals surface area contributed by atoms with Crippen molar-refractivity contribution in [2.24, 2.45) is 0 Å². The molecule has 1 aliphatic heterocycles. The molecule has 7 nitrogen and oxygen atoms in total. The fraction of sp³-hybridized carbons (Fsp3) is 0.190. The van der Waals surface area contributed by atoms with Gasteiger partial charge in [-0.05, 0) is 43.3 Å². The molecule has 0 aliphatic carbocycles. The van der Waals surface area contributed by atoms with Gasteiger partial charge in [0.15, 0.2) is 5.75 Å². The van der Waals surface area contributed by atoms with Crippen molar-refractivity contribution in [1.82, 2.24) is 15.2 Å². The van der Waals surface area contributed by atoms with Gasteiger partial charge in [0.1, 0.15) is 17.3 Å². The van der Waals surface area contributed by atoms with Gasteiger partial charge in [-0.25, -0.2) is 4.79 Å². The Bertz CT molecular complexity index is 1010. The number of nitrogens with one attached hydrogen (secondary N) is 2. The van der Waals surface area contributed by atoms with Crippen LogP contribution in [-0.4, -0.2) is 41.0 Å². The van der Waals surface area contributed by atoms with Gasteiger partial charge in [0.2, 0.25) is 0 Å². The quantitative estimate of drug-likeness (QED) is 0.713. The van der Waals surface area contributed by atoms with E-state index in [-0.39, 0.29) is 11.9 Å². The van der Waals surface area contributed by atoms with Gasteiger partial charge in [-0.15, -0.1) is 0 Å². The largest absolute Gasteiger partial charge is 0.455 e. The number of carbonyl (C=O) groups is 2. The first-order chi connectivity index (χ1) is 13.6. The molecule has 7 heteroatoms. The average molecular weight is 376 g/mol. The Morgan fingerprint density at radius 3 is 2.71 bits per heavy atom. The van der Waals surface area contributed by atoms with Crippen molar-refractivity contribution >= 4 is 28.5 Å². The summed E-state index contributed by atoms with van der Waals surface area (Å²) in [6.45, 7) is 2.63.